The predicted molar refractivity (Wildman–Crippen MR) is 77.1 cm³/mol. The second-order valence-corrected chi connectivity index (χ2v) is 5.50. The summed E-state index contributed by atoms with van der Waals surface area (Å²) in [6, 6.07) is 1.81. The average Bonchev–Trinajstić information content (AvgIpc) is 2.35. The van der Waals surface area contributed by atoms with E-state index >= 15 is 0 Å². The normalized spacial score (nSPS) is 11.5. The summed E-state index contributed by atoms with van der Waals surface area (Å²) >= 11 is 0. The van der Waals surface area contributed by atoms with E-state index in [2.05, 4.69) is 20.6 Å². The molecule has 0 saturated heterocycles. The van der Waals surface area contributed by atoms with Crippen LogP contribution in [0.2, 0.25) is 0 Å². The largest absolute Gasteiger partial charge is 0.373 e. The maximum absolute atomic E-state index is 11.3. The van der Waals surface area contributed by atoms with Crippen molar-refractivity contribution in [1.82, 2.24) is 9.97 Å². The number of carbonyl (C=O) groups excluding carboxylic acids is 1. The van der Waals surface area contributed by atoms with Crippen LogP contribution in [-0.4, -0.2) is 29.5 Å². The number of carbonyl (C=O) groups is 1. The number of hydrogen-bond acceptors (Lipinski definition) is 5. The molecule has 0 unspecified atom stereocenters. The lowest BCUT2D eigenvalue weighted by molar-refractivity contribution is -0.125. The molecule has 0 saturated carbocycles. The first kappa shape index (κ1) is 15.2. The lowest BCUT2D eigenvalue weighted by atomic mass is 9.93. The Morgan fingerprint density at radius 1 is 1.37 bits per heavy atom. The molecular formula is C13H23N5O. The molecule has 4 N–H and O–H groups in total. The number of aromatic nitrogens is 2. The Balaban J connectivity index is 2.89. The fourth-order valence-corrected chi connectivity index (χ4v) is 1.34. The number of nitrogens with two attached hydrogens (primary N) is 1. The van der Waals surface area contributed by atoms with E-state index in [9.17, 15) is 4.79 Å². The first-order chi connectivity index (χ1) is 8.76. The van der Waals surface area contributed by atoms with E-state index in [1.165, 1.54) is 0 Å². The highest BCUT2D eigenvalue weighted by molar-refractivity contribution is 5.80. The van der Waals surface area contributed by atoms with E-state index < -0.39 is 5.41 Å². The number of hydrogen-bond donors (Lipinski definition) is 3. The number of primary amides is 1. The molecular weight excluding hydrogens is 242 g/mol. The number of anilines is 2. The summed E-state index contributed by atoms with van der Waals surface area (Å²) in [6.07, 6.45) is 0. The molecule has 1 heterocycles. The van der Waals surface area contributed by atoms with Crippen molar-refractivity contribution >= 4 is 17.5 Å². The summed E-state index contributed by atoms with van der Waals surface area (Å²) in [7, 11) is 1.81. The highest BCUT2D eigenvalue weighted by Crippen LogP contribution is 2.19. The van der Waals surface area contributed by atoms with Gasteiger partial charge in [-0.1, -0.05) is 13.8 Å². The molecule has 0 aliphatic heterocycles. The third kappa shape index (κ3) is 4.08. The molecule has 0 radical (unpaired) electrons. The van der Waals surface area contributed by atoms with Crippen LogP contribution in [0, 0.1) is 5.41 Å². The van der Waals surface area contributed by atoms with Crippen molar-refractivity contribution in [2.75, 3.05) is 24.2 Å². The van der Waals surface area contributed by atoms with Gasteiger partial charge in [0.25, 0.3) is 0 Å². The maximum atomic E-state index is 11.3. The van der Waals surface area contributed by atoms with Crippen molar-refractivity contribution in [1.29, 1.82) is 0 Å². The first-order valence-electron chi connectivity index (χ1n) is 6.37. The molecule has 0 atom stereocenters. The second kappa shape index (κ2) is 5.86. The van der Waals surface area contributed by atoms with Gasteiger partial charge in [0.1, 0.15) is 17.5 Å². The molecule has 19 heavy (non-hydrogen) atoms. The summed E-state index contributed by atoms with van der Waals surface area (Å²) in [4.78, 5) is 20.1. The standard InChI is InChI=1S/C13H23N5O/c1-8(2)11-17-9(15-5)6-10(18-11)16-7-13(3,4)12(14)19/h6,8H,7H2,1-5H3,(H2,14,19)(H2,15,16,17,18). The van der Waals surface area contributed by atoms with Gasteiger partial charge in [-0.3, -0.25) is 4.79 Å². The van der Waals surface area contributed by atoms with Gasteiger partial charge in [0.05, 0.1) is 5.41 Å². The topological polar surface area (TPSA) is 92.9 Å². The van der Waals surface area contributed by atoms with Gasteiger partial charge >= 0.3 is 0 Å². The second-order valence-electron chi connectivity index (χ2n) is 5.50. The Kier molecular flexibility index (Phi) is 4.69. The van der Waals surface area contributed by atoms with E-state index in [0.29, 0.717) is 12.4 Å². The maximum Gasteiger partial charge on any atom is 0.224 e. The van der Waals surface area contributed by atoms with Gasteiger partial charge < -0.3 is 16.4 Å². The van der Waals surface area contributed by atoms with Crippen molar-refractivity contribution in [3.05, 3.63) is 11.9 Å². The SMILES string of the molecule is CNc1cc(NCC(C)(C)C(N)=O)nc(C(C)C)n1. The Bertz CT molecular complexity index is 456. The van der Waals surface area contributed by atoms with Gasteiger partial charge in [0.2, 0.25) is 5.91 Å². The third-order valence-corrected chi connectivity index (χ3v) is 2.89. The monoisotopic (exact) mass is 265 g/mol. The van der Waals surface area contributed by atoms with Crippen LogP contribution < -0.4 is 16.4 Å². The Hall–Kier alpha value is -1.85. The highest BCUT2D eigenvalue weighted by atomic mass is 16.1. The summed E-state index contributed by atoms with van der Waals surface area (Å²) < 4.78 is 0. The van der Waals surface area contributed by atoms with Crippen molar-refractivity contribution in [3.8, 4) is 0 Å². The molecule has 0 aliphatic rings. The van der Waals surface area contributed by atoms with Crippen LogP contribution in [0.4, 0.5) is 11.6 Å². The van der Waals surface area contributed by atoms with Crippen LogP contribution in [0.15, 0.2) is 6.07 Å². The van der Waals surface area contributed by atoms with E-state index in [1.54, 1.807) is 13.8 Å². The molecule has 6 heteroatoms. The minimum atomic E-state index is -0.622. The Morgan fingerprint density at radius 3 is 2.42 bits per heavy atom. The minimum absolute atomic E-state index is 0.234. The van der Waals surface area contributed by atoms with Crippen molar-refractivity contribution < 1.29 is 4.79 Å². The molecule has 1 rings (SSSR count). The van der Waals surface area contributed by atoms with Crippen LogP contribution in [-0.2, 0) is 4.79 Å². The molecule has 0 aromatic carbocycles. The van der Waals surface area contributed by atoms with Crippen molar-refractivity contribution in [2.24, 2.45) is 11.1 Å². The average molecular weight is 265 g/mol. The van der Waals surface area contributed by atoms with Crippen LogP contribution >= 0.6 is 0 Å². The van der Waals surface area contributed by atoms with Gasteiger partial charge in [0.15, 0.2) is 0 Å². The quantitative estimate of drug-likeness (QED) is 0.726. The van der Waals surface area contributed by atoms with Crippen LogP contribution in [0.1, 0.15) is 39.4 Å². The van der Waals surface area contributed by atoms with Gasteiger partial charge in [-0.05, 0) is 13.8 Å². The summed E-state index contributed by atoms with van der Waals surface area (Å²) in [5.74, 6) is 2.09. The fraction of sp³-hybridized carbons (Fsp3) is 0.615. The molecule has 106 valence electrons. The van der Waals surface area contributed by atoms with Gasteiger partial charge in [-0.25, -0.2) is 9.97 Å². The lowest BCUT2D eigenvalue weighted by Crippen LogP contribution is -2.37. The van der Waals surface area contributed by atoms with Crippen molar-refractivity contribution in [2.45, 2.75) is 33.6 Å². The van der Waals surface area contributed by atoms with Gasteiger partial charge in [-0.15, -0.1) is 0 Å². The Labute approximate surface area is 114 Å². The molecule has 1 aromatic rings. The minimum Gasteiger partial charge on any atom is -0.373 e. The van der Waals surface area contributed by atoms with Gasteiger partial charge in [-0.2, -0.15) is 0 Å². The zero-order valence-electron chi connectivity index (χ0n) is 12.2. The molecule has 0 bridgehead atoms. The van der Waals surface area contributed by atoms with E-state index in [-0.39, 0.29) is 11.8 Å². The molecule has 1 aromatic heterocycles. The molecule has 6 nitrogen and oxygen atoms in total. The number of amides is 1. The highest BCUT2D eigenvalue weighted by Gasteiger charge is 2.24. The summed E-state index contributed by atoms with van der Waals surface area (Å²) in [5, 5.41) is 6.14. The third-order valence-electron chi connectivity index (χ3n) is 2.89. The summed E-state index contributed by atoms with van der Waals surface area (Å²) in [5.41, 5.74) is 4.72. The van der Waals surface area contributed by atoms with Crippen LogP contribution in [0.3, 0.4) is 0 Å². The number of nitrogens with one attached hydrogen (secondary N) is 2. The zero-order valence-corrected chi connectivity index (χ0v) is 12.2. The van der Waals surface area contributed by atoms with Gasteiger partial charge in [0, 0.05) is 25.6 Å². The number of nitrogens with zero attached hydrogens (tertiary/aromatic N) is 2. The molecule has 0 aliphatic carbocycles. The molecule has 0 fully saturated rings. The van der Waals surface area contributed by atoms with E-state index in [0.717, 1.165) is 11.6 Å². The smallest absolute Gasteiger partial charge is 0.224 e. The van der Waals surface area contributed by atoms with Crippen LogP contribution in [0.25, 0.3) is 0 Å². The van der Waals surface area contributed by atoms with E-state index in [4.69, 9.17) is 5.73 Å². The Morgan fingerprint density at radius 2 is 1.95 bits per heavy atom. The van der Waals surface area contributed by atoms with Crippen LogP contribution in [0.5, 0.6) is 0 Å². The summed E-state index contributed by atoms with van der Waals surface area (Å²) in [6.45, 7) is 8.09. The fourth-order valence-electron chi connectivity index (χ4n) is 1.34. The van der Waals surface area contributed by atoms with Crippen molar-refractivity contribution in [3.63, 3.8) is 0 Å². The lowest BCUT2D eigenvalue weighted by Gasteiger charge is -2.21. The zero-order chi connectivity index (χ0) is 14.6. The first-order valence-corrected chi connectivity index (χ1v) is 6.37. The predicted octanol–water partition coefficient (Wildman–Crippen LogP) is 1.57. The molecule has 1 amide bonds. The van der Waals surface area contributed by atoms with E-state index in [1.807, 2.05) is 27.0 Å². The molecule has 0 spiro atoms. The number of rotatable bonds is 6.